The lowest BCUT2D eigenvalue weighted by Crippen LogP contribution is -2.33. The number of carbonyl (C=O) groups is 3. The molecule has 3 amide bonds. The van der Waals surface area contributed by atoms with Crippen molar-refractivity contribution in [1.29, 1.82) is 0 Å². The fraction of sp³-hybridized carbons (Fsp3) is 0.250. The smallest absolute Gasteiger partial charge is 0.308 e. The number of fused-ring (bicyclic) bond motifs is 2. The predicted octanol–water partition coefficient (Wildman–Crippen LogP) is 6.64. The van der Waals surface area contributed by atoms with Crippen molar-refractivity contribution in [2.75, 3.05) is 28.2 Å². The molecule has 8 nitrogen and oxygen atoms in total. The molecule has 3 atom stereocenters. The molecule has 1 fully saturated rings. The molecule has 0 saturated carbocycles. The Morgan fingerprint density at radius 1 is 0.933 bits per heavy atom. The maximum absolute atomic E-state index is 14.0. The Balaban J connectivity index is 1.40. The van der Waals surface area contributed by atoms with Crippen LogP contribution in [0.1, 0.15) is 30.2 Å². The summed E-state index contributed by atoms with van der Waals surface area (Å²) in [5.74, 6) is -3.26. The van der Waals surface area contributed by atoms with Gasteiger partial charge in [-0.1, -0.05) is 58.4 Å². The van der Waals surface area contributed by atoms with Crippen molar-refractivity contribution in [1.82, 2.24) is 4.57 Å². The normalized spacial score (nSPS) is 19.0. The number of nitrogens with one attached hydrogen (secondary N) is 1. The Bertz CT molecular complexity index is 1860. The highest BCUT2D eigenvalue weighted by molar-refractivity contribution is 8.00. The van der Waals surface area contributed by atoms with E-state index in [2.05, 4.69) is 24.1 Å². The Morgan fingerprint density at radius 2 is 1.62 bits per heavy atom. The van der Waals surface area contributed by atoms with Crippen LogP contribution in [-0.4, -0.2) is 40.6 Å². The average molecular weight is 686 g/mol. The van der Waals surface area contributed by atoms with Gasteiger partial charge in [0, 0.05) is 35.3 Å². The van der Waals surface area contributed by atoms with Crippen molar-refractivity contribution in [3.05, 3.63) is 103 Å². The third-order valence-corrected chi connectivity index (χ3v) is 11.4. The number of thiazole rings is 1. The number of aromatic nitrogens is 1. The molecular formula is C32H27Cl2FN4O4S2. The largest absolute Gasteiger partial charge is 0.372 e. The van der Waals surface area contributed by atoms with Gasteiger partial charge in [-0.25, -0.2) is 9.29 Å². The van der Waals surface area contributed by atoms with Gasteiger partial charge in [0.1, 0.15) is 17.6 Å². The second-order valence-corrected chi connectivity index (χ2v) is 13.5. The van der Waals surface area contributed by atoms with Gasteiger partial charge in [-0.05, 0) is 74.0 Å². The molecule has 3 aromatic carbocycles. The average Bonchev–Trinajstić information content (AvgIpc) is 3.46. The van der Waals surface area contributed by atoms with E-state index in [0.717, 1.165) is 52.3 Å². The van der Waals surface area contributed by atoms with E-state index in [1.807, 2.05) is 24.3 Å². The molecule has 1 N–H and O–H groups in total. The number of hydrogen-bond donors (Lipinski definition) is 1. The summed E-state index contributed by atoms with van der Waals surface area (Å²) < 4.78 is 15.1. The van der Waals surface area contributed by atoms with Crippen molar-refractivity contribution in [2.24, 2.45) is 5.92 Å². The zero-order valence-corrected chi connectivity index (χ0v) is 27.3. The molecule has 3 heterocycles. The van der Waals surface area contributed by atoms with E-state index < -0.39 is 40.6 Å². The van der Waals surface area contributed by atoms with Crippen LogP contribution in [-0.2, 0) is 20.9 Å². The SMILES string of the molecule is CCN(CC)c1ccc(C2c3sc(=O)n(CC(=O)Nc4ccc(Cl)c(Cl)c4)c3SC3C(=O)N(c4ccc(F)cc4)C(=O)C32)cc1. The quantitative estimate of drug-likeness (QED) is 0.209. The summed E-state index contributed by atoms with van der Waals surface area (Å²) in [6.07, 6.45) is 0. The van der Waals surface area contributed by atoms with Crippen molar-refractivity contribution in [3.8, 4) is 0 Å². The molecule has 45 heavy (non-hydrogen) atoms. The monoisotopic (exact) mass is 684 g/mol. The van der Waals surface area contributed by atoms with Crippen LogP contribution in [0.3, 0.4) is 0 Å². The first-order valence-corrected chi connectivity index (χ1v) is 16.7. The Labute approximate surface area is 276 Å². The predicted molar refractivity (Wildman–Crippen MR) is 178 cm³/mol. The second kappa shape index (κ2) is 12.6. The number of carbonyl (C=O) groups excluding carboxylic acids is 3. The van der Waals surface area contributed by atoms with E-state index in [4.69, 9.17) is 23.2 Å². The first kappa shape index (κ1) is 31.3. The van der Waals surface area contributed by atoms with E-state index >= 15 is 0 Å². The molecule has 2 aliphatic rings. The van der Waals surface area contributed by atoms with Crippen LogP contribution >= 0.6 is 46.3 Å². The van der Waals surface area contributed by atoms with E-state index in [9.17, 15) is 23.6 Å². The highest BCUT2D eigenvalue weighted by Crippen LogP contribution is 2.54. The van der Waals surface area contributed by atoms with Crippen LogP contribution in [0, 0.1) is 11.7 Å². The molecule has 0 bridgehead atoms. The molecule has 0 radical (unpaired) electrons. The minimum Gasteiger partial charge on any atom is -0.372 e. The number of amides is 3. The highest BCUT2D eigenvalue weighted by atomic mass is 35.5. The number of nitrogens with zero attached hydrogens (tertiary/aromatic N) is 3. The van der Waals surface area contributed by atoms with E-state index in [1.54, 1.807) is 12.1 Å². The number of thioether (sulfide) groups is 1. The molecule has 232 valence electrons. The fourth-order valence-corrected chi connectivity index (χ4v) is 8.93. The molecular weight excluding hydrogens is 658 g/mol. The third kappa shape index (κ3) is 5.78. The molecule has 13 heteroatoms. The van der Waals surface area contributed by atoms with E-state index in [1.165, 1.54) is 34.9 Å². The van der Waals surface area contributed by atoms with Crippen LogP contribution in [0.4, 0.5) is 21.5 Å². The molecule has 2 aliphatic heterocycles. The lowest BCUT2D eigenvalue weighted by Gasteiger charge is -2.31. The third-order valence-electron chi connectivity index (χ3n) is 8.02. The van der Waals surface area contributed by atoms with Gasteiger partial charge in [-0.15, -0.1) is 0 Å². The molecule has 4 aromatic rings. The minimum absolute atomic E-state index is 0.270. The van der Waals surface area contributed by atoms with Crippen molar-refractivity contribution >= 4 is 81.1 Å². The van der Waals surface area contributed by atoms with Crippen LogP contribution in [0.25, 0.3) is 0 Å². The van der Waals surface area contributed by atoms with E-state index in [0.29, 0.717) is 20.6 Å². The number of benzene rings is 3. The maximum Gasteiger partial charge on any atom is 0.308 e. The van der Waals surface area contributed by atoms with Gasteiger partial charge in [0.25, 0.3) is 0 Å². The summed E-state index contributed by atoms with van der Waals surface area (Å²) in [7, 11) is 0. The summed E-state index contributed by atoms with van der Waals surface area (Å²) in [5.41, 5.74) is 2.48. The topological polar surface area (TPSA) is 91.7 Å². The minimum atomic E-state index is -0.860. The number of hydrogen-bond acceptors (Lipinski definition) is 7. The zero-order valence-electron chi connectivity index (χ0n) is 24.1. The second-order valence-electron chi connectivity index (χ2n) is 10.6. The fourth-order valence-electron chi connectivity index (χ4n) is 5.86. The van der Waals surface area contributed by atoms with Crippen LogP contribution < -0.4 is 20.0 Å². The first-order chi connectivity index (χ1) is 21.6. The molecule has 1 saturated heterocycles. The van der Waals surface area contributed by atoms with Crippen molar-refractivity contribution in [3.63, 3.8) is 0 Å². The molecule has 0 aliphatic carbocycles. The lowest BCUT2D eigenvalue weighted by atomic mass is 9.83. The summed E-state index contributed by atoms with van der Waals surface area (Å²) >= 11 is 14.2. The maximum atomic E-state index is 14.0. The molecule has 3 unspecified atom stereocenters. The molecule has 6 rings (SSSR count). The van der Waals surface area contributed by atoms with Crippen LogP contribution in [0.2, 0.25) is 10.0 Å². The highest BCUT2D eigenvalue weighted by Gasteiger charge is 2.56. The number of imide groups is 1. The van der Waals surface area contributed by atoms with Crippen molar-refractivity contribution in [2.45, 2.75) is 36.6 Å². The number of halogens is 3. The van der Waals surface area contributed by atoms with Gasteiger partial charge in [0.15, 0.2) is 0 Å². The van der Waals surface area contributed by atoms with Gasteiger partial charge in [0.2, 0.25) is 17.7 Å². The summed E-state index contributed by atoms with van der Waals surface area (Å²) in [6.45, 7) is 5.46. The van der Waals surface area contributed by atoms with Gasteiger partial charge in [-0.2, -0.15) is 0 Å². The standard InChI is InChI=1S/C32H27Cl2FN4O4S2/c1-3-37(4-2)20-10-5-17(6-11-20)25-26-27(30(42)39(29(26)41)21-12-7-18(35)8-13-21)44-31-28(25)45-32(43)38(31)16-24(40)36-19-9-14-22(33)23(34)15-19/h5-15,25-27H,3-4,16H2,1-2H3,(H,36,40). The van der Waals surface area contributed by atoms with Gasteiger partial charge >= 0.3 is 4.87 Å². The molecule has 0 spiro atoms. The summed E-state index contributed by atoms with van der Waals surface area (Å²) in [5, 5.41) is 2.95. The van der Waals surface area contributed by atoms with E-state index in [-0.39, 0.29) is 22.1 Å². The number of rotatable bonds is 8. The van der Waals surface area contributed by atoms with Crippen LogP contribution in [0.15, 0.2) is 76.6 Å². The summed E-state index contributed by atoms with van der Waals surface area (Å²) in [6, 6.07) is 17.7. The Kier molecular flexibility index (Phi) is 8.80. The van der Waals surface area contributed by atoms with Gasteiger partial charge in [-0.3, -0.25) is 23.7 Å². The zero-order chi connectivity index (χ0) is 32.0. The van der Waals surface area contributed by atoms with Gasteiger partial charge < -0.3 is 10.2 Å². The van der Waals surface area contributed by atoms with Crippen LogP contribution in [0.5, 0.6) is 0 Å². The lowest BCUT2D eigenvalue weighted by molar-refractivity contribution is -0.122. The summed E-state index contributed by atoms with van der Waals surface area (Å²) in [4.78, 5) is 58.0. The Hall–Kier alpha value is -3.64. The molecule has 1 aromatic heterocycles. The van der Waals surface area contributed by atoms with Crippen molar-refractivity contribution < 1.29 is 18.8 Å². The van der Waals surface area contributed by atoms with Gasteiger partial charge in [0.05, 0.1) is 26.7 Å². The first-order valence-electron chi connectivity index (χ1n) is 14.2. The Morgan fingerprint density at radius 3 is 2.27 bits per heavy atom. The number of anilines is 3.